The van der Waals surface area contributed by atoms with Crippen LogP contribution in [0.5, 0.6) is 0 Å². The molecule has 0 aromatic rings. The van der Waals surface area contributed by atoms with Crippen molar-refractivity contribution in [3.05, 3.63) is 0 Å². The third-order valence-corrected chi connectivity index (χ3v) is 0.849. The molecule has 1 aliphatic rings. The first-order valence-electron chi connectivity index (χ1n) is 2.14. The smallest absolute Gasteiger partial charge is 0.122 e. The maximum atomic E-state index is 4.84. The number of nitrogens with one attached hydrogen (secondary N) is 1. The SMILES string of the molecule is COC1[C]=NNC1. The molecule has 0 aromatic carbocycles. The molecule has 1 atom stereocenters. The molecule has 0 fully saturated rings. The number of ether oxygens (including phenoxy) is 1. The van der Waals surface area contributed by atoms with E-state index in [4.69, 9.17) is 4.74 Å². The maximum absolute atomic E-state index is 4.84. The quantitative estimate of drug-likeness (QED) is 0.479. The molecule has 1 radical (unpaired) electrons. The van der Waals surface area contributed by atoms with Gasteiger partial charge in [-0.3, -0.25) is 0 Å². The lowest BCUT2D eigenvalue weighted by Gasteiger charge is -1.97. The zero-order valence-electron chi connectivity index (χ0n) is 4.14. The molecular formula is C4H7N2O. The fourth-order valence-corrected chi connectivity index (χ4v) is 0.428. The Hall–Kier alpha value is -0.570. The van der Waals surface area contributed by atoms with E-state index >= 15 is 0 Å². The van der Waals surface area contributed by atoms with E-state index in [2.05, 4.69) is 16.7 Å². The minimum atomic E-state index is 0.0694. The molecule has 1 rings (SSSR count). The van der Waals surface area contributed by atoms with Crippen molar-refractivity contribution in [2.24, 2.45) is 5.10 Å². The van der Waals surface area contributed by atoms with Crippen molar-refractivity contribution in [1.29, 1.82) is 0 Å². The zero-order valence-corrected chi connectivity index (χ0v) is 4.14. The van der Waals surface area contributed by atoms with Crippen LogP contribution in [0.4, 0.5) is 0 Å². The summed E-state index contributed by atoms with van der Waals surface area (Å²) in [7, 11) is 1.64. The predicted molar refractivity (Wildman–Crippen MR) is 26.2 cm³/mol. The van der Waals surface area contributed by atoms with Crippen molar-refractivity contribution in [3.8, 4) is 0 Å². The van der Waals surface area contributed by atoms with E-state index in [1.54, 1.807) is 7.11 Å². The standard InChI is InChI=1S/C4H7N2O/c1-7-4-2-5-6-3-4/h4-5H,2H2,1H3. The van der Waals surface area contributed by atoms with Crippen LogP contribution in [-0.4, -0.2) is 26.0 Å². The van der Waals surface area contributed by atoms with Crippen LogP contribution < -0.4 is 5.43 Å². The zero-order chi connectivity index (χ0) is 5.11. The van der Waals surface area contributed by atoms with Gasteiger partial charge in [0.2, 0.25) is 0 Å². The van der Waals surface area contributed by atoms with Crippen LogP contribution in [0.15, 0.2) is 5.10 Å². The number of nitrogens with zero attached hydrogens (tertiary/aromatic N) is 1. The van der Waals surface area contributed by atoms with Gasteiger partial charge in [-0.2, -0.15) is 5.10 Å². The monoisotopic (exact) mass is 99.1 g/mol. The Labute approximate surface area is 42.4 Å². The van der Waals surface area contributed by atoms with Gasteiger partial charge in [-0.15, -0.1) is 0 Å². The first-order chi connectivity index (χ1) is 3.43. The molecule has 7 heavy (non-hydrogen) atoms. The van der Waals surface area contributed by atoms with E-state index in [0.29, 0.717) is 0 Å². The molecular weight excluding hydrogens is 92.1 g/mol. The van der Waals surface area contributed by atoms with Crippen molar-refractivity contribution in [2.75, 3.05) is 13.7 Å². The van der Waals surface area contributed by atoms with Gasteiger partial charge in [-0.25, -0.2) is 0 Å². The third-order valence-electron chi connectivity index (χ3n) is 0.849. The predicted octanol–water partition coefficient (Wildman–Crippen LogP) is -0.533. The van der Waals surface area contributed by atoms with Crippen molar-refractivity contribution < 1.29 is 4.74 Å². The second-order valence-corrected chi connectivity index (χ2v) is 1.33. The Balaban J connectivity index is 2.28. The summed E-state index contributed by atoms with van der Waals surface area (Å²) in [5.41, 5.74) is 2.71. The Kier molecular flexibility index (Phi) is 1.26. The average molecular weight is 99.1 g/mol. The molecule has 1 N–H and O–H groups in total. The summed E-state index contributed by atoms with van der Waals surface area (Å²) in [5.74, 6) is 0. The molecule has 1 aliphatic heterocycles. The van der Waals surface area contributed by atoms with Gasteiger partial charge >= 0.3 is 0 Å². The van der Waals surface area contributed by atoms with Gasteiger partial charge < -0.3 is 10.2 Å². The molecule has 3 nitrogen and oxygen atoms in total. The average Bonchev–Trinajstić information content (AvgIpc) is 2.14. The molecule has 0 spiro atoms. The minimum Gasteiger partial charge on any atom is -0.373 e. The fraction of sp³-hybridized carbons (Fsp3) is 0.750. The van der Waals surface area contributed by atoms with E-state index in [1.165, 1.54) is 0 Å². The maximum Gasteiger partial charge on any atom is 0.122 e. The molecule has 1 unspecified atom stereocenters. The molecule has 0 bridgehead atoms. The van der Waals surface area contributed by atoms with Gasteiger partial charge in [-0.05, 0) is 0 Å². The summed E-state index contributed by atoms with van der Waals surface area (Å²) in [6, 6.07) is 0. The number of rotatable bonds is 1. The van der Waals surface area contributed by atoms with Crippen LogP contribution in [0.2, 0.25) is 0 Å². The van der Waals surface area contributed by atoms with Crippen LogP contribution >= 0.6 is 0 Å². The molecule has 39 valence electrons. The van der Waals surface area contributed by atoms with Crippen LogP contribution in [0.3, 0.4) is 0 Å². The summed E-state index contributed by atoms with van der Waals surface area (Å²) < 4.78 is 4.84. The van der Waals surface area contributed by atoms with E-state index in [0.717, 1.165) is 6.54 Å². The topological polar surface area (TPSA) is 33.6 Å². The highest BCUT2D eigenvalue weighted by atomic mass is 16.5. The minimum absolute atomic E-state index is 0.0694. The fourth-order valence-electron chi connectivity index (χ4n) is 0.428. The van der Waals surface area contributed by atoms with Crippen molar-refractivity contribution in [3.63, 3.8) is 0 Å². The normalized spacial score (nSPS) is 27.9. The Bertz CT molecular complexity index is 81.8. The molecule has 0 aromatic heterocycles. The number of methoxy groups -OCH3 is 1. The highest BCUT2D eigenvalue weighted by Gasteiger charge is 2.06. The number of hydrogen-bond donors (Lipinski definition) is 1. The van der Waals surface area contributed by atoms with Crippen LogP contribution in [0, 0.1) is 0 Å². The first kappa shape index (κ1) is 4.59. The molecule has 0 amide bonds. The first-order valence-corrected chi connectivity index (χ1v) is 2.14. The second-order valence-electron chi connectivity index (χ2n) is 1.33. The highest BCUT2D eigenvalue weighted by Crippen LogP contribution is 1.87. The van der Waals surface area contributed by atoms with E-state index in [-0.39, 0.29) is 6.10 Å². The Morgan fingerprint density at radius 2 is 2.86 bits per heavy atom. The van der Waals surface area contributed by atoms with E-state index in [1.807, 2.05) is 0 Å². The van der Waals surface area contributed by atoms with Crippen LogP contribution in [0.25, 0.3) is 0 Å². The van der Waals surface area contributed by atoms with Gasteiger partial charge in [0.15, 0.2) is 0 Å². The number of hydrazone groups is 1. The largest absolute Gasteiger partial charge is 0.373 e. The lowest BCUT2D eigenvalue weighted by Crippen LogP contribution is -2.17. The summed E-state index contributed by atoms with van der Waals surface area (Å²) in [6.07, 6.45) is 2.77. The summed E-state index contributed by atoms with van der Waals surface area (Å²) in [5, 5.41) is 3.61. The third kappa shape index (κ3) is 0.899. The van der Waals surface area contributed by atoms with E-state index in [9.17, 15) is 0 Å². The summed E-state index contributed by atoms with van der Waals surface area (Å²) >= 11 is 0. The summed E-state index contributed by atoms with van der Waals surface area (Å²) in [4.78, 5) is 0. The van der Waals surface area contributed by atoms with Gasteiger partial charge in [0, 0.05) is 7.11 Å². The Morgan fingerprint density at radius 3 is 3.14 bits per heavy atom. The molecule has 0 saturated carbocycles. The van der Waals surface area contributed by atoms with Crippen molar-refractivity contribution in [1.82, 2.24) is 5.43 Å². The van der Waals surface area contributed by atoms with Gasteiger partial charge in [-0.1, -0.05) is 0 Å². The molecule has 3 heteroatoms. The lowest BCUT2D eigenvalue weighted by molar-refractivity contribution is 0.166. The van der Waals surface area contributed by atoms with Gasteiger partial charge in [0.05, 0.1) is 6.54 Å². The van der Waals surface area contributed by atoms with Crippen LogP contribution in [0.1, 0.15) is 0 Å². The molecule has 0 aliphatic carbocycles. The number of hydrogen-bond acceptors (Lipinski definition) is 3. The highest BCUT2D eigenvalue weighted by molar-refractivity contribution is 5.64. The summed E-state index contributed by atoms with van der Waals surface area (Å²) in [6.45, 7) is 0.760. The molecule has 0 saturated heterocycles. The van der Waals surface area contributed by atoms with Gasteiger partial charge in [0.1, 0.15) is 12.3 Å². The molecule has 1 heterocycles. The Morgan fingerprint density at radius 1 is 2.00 bits per heavy atom. The van der Waals surface area contributed by atoms with E-state index < -0.39 is 0 Å². The second kappa shape index (κ2) is 1.93. The van der Waals surface area contributed by atoms with Crippen molar-refractivity contribution in [2.45, 2.75) is 6.10 Å². The van der Waals surface area contributed by atoms with Gasteiger partial charge in [0.25, 0.3) is 0 Å². The lowest BCUT2D eigenvalue weighted by atomic mass is 10.4. The van der Waals surface area contributed by atoms with Crippen molar-refractivity contribution >= 4 is 6.21 Å². The van der Waals surface area contributed by atoms with Crippen LogP contribution in [-0.2, 0) is 4.74 Å².